The van der Waals surface area contributed by atoms with Gasteiger partial charge in [0.2, 0.25) is 17.7 Å². The van der Waals surface area contributed by atoms with E-state index >= 15 is 0 Å². The first-order valence-corrected chi connectivity index (χ1v) is 12.6. The van der Waals surface area contributed by atoms with Crippen LogP contribution in [0, 0.1) is 5.82 Å². The smallest absolute Gasteiger partial charge is 0.255 e. The van der Waals surface area contributed by atoms with Gasteiger partial charge in [-0.2, -0.15) is 0 Å². The molecule has 2 aromatic rings. The van der Waals surface area contributed by atoms with Crippen LogP contribution in [0.4, 0.5) is 4.39 Å². The minimum Gasteiger partial charge on any atom is -0.491 e. The average Bonchev–Trinajstić information content (AvgIpc) is 2.89. The molecule has 0 spiro atoms. The zero-order valence-electron chi connectivity index (χ0n) is 22.3. The highest BCUT2D eigenvalue weighted by molar-refractivity contribution is 6.01. The summed E-state index contributed by atoms with van der Waals surface area (Å²) in [7, 11) is 1.49. The molecule has 0 unspecified atom stereocenters. The molecule has 10 heteroatoms. The number of rotatable bonds is 5. The SMILES string of the molecule is CCN1CCOc2ccccc2C(=O)N[C@H](C(=O)NCC(C)(C)c2ccc(F)cc2)CC(=O)N(C)CC1=O. The summed E-state index contributed by atoms with van der Waals surface area (Å²) >= 11 is 0. The number of amides is 4. The Labute approximate surface area is 222 Å². The lowest BCUT2D eigenvalue weighted by molar-refractivity contribution is -0.140. The lowest BCUT2D eigenvalue weighted by atomic mass is 9.84. The van der Waals surface area contributed by atoms with Crippen LogP contribution in [0.5, 0.6) is 5.75 Å². The van der Waals surface area contributed by atoms with Crippen LogP contribution in [0.1, 0.15) is 43.1 Å². The molecule has 0 radical (unpaired) electrons. The van der Waals surface area contributed by atoms with Gasteiger partial charge in [-0.25, -0.2) is 4.39 Å². The van der Waals surface area contributed by atoms with Crippen LogP contribution in [0.3, 0.4) is 0 Å². The monoisotopic (exact) mass is 526 g/mol. The molecular formula is C28H35FN4O5. The van der Waals surface area contributed by atoms with Crippen molar-refractivity contribution in [2.75, 3.05) is 39.8 Å². The molecule has 4 amide bonds. The number of ether oxygens (including phenoxy) is 1. The zero-order chi connectivity index (χ0) is 27.9. The van der Waals surface area contributed by atoms with E-state index in [1.807, 2.05) is 20.8 Å². The van der Waals surface area contributed by atoms with Crippen LogP contribution in [0.15, 0.2) is 48.5 Å². The van der Waals surface area contributed by atoms with Gasteiger partial charge in [-0.3, -0.25) is 19.2 Å². The van der Waals surface area contributed by atoms with Crippen molar-refractivity contribution >= 4 is 23.6 Å². The molecule has 2 aromatic carbocycles. The summed E-state index contributed by atoms with van der Waals surface area (Å²) in [6, 6.07) is 11.4. The lowest BCUT2D eigenvalue weighted by Crippen LogP contribution is -2.52. The fourth-order valence-electron chi connectivity index (χ4n) is 4.11. The Morgan fingerprint density at radius 3 is 2.47 bits per heavy atom. The molecule has 3 rings (SSSR count). The van der Waals surface area contributed by atoms with Crippen LogP contribution >= 0.6 is 0 Å². The van der Waals surface area contributed by atoms with Crippen molar-refractivity contribution in [3.8, 4) is 5.75 Å². The van der Waals surface area contributed by atoms with Gasteiger partial charge in [0.25, 0.3) is 5.91 Å². The molecule has 1 heterocycles. The summed E-state index contributed by atoms with van der Waals surface area (Å²) in [4.78, 5) is 55.1. The van der Waals surface area contributed by atoms with E-state index in [-0.39, 0.29) is 43.4 Å². The number of halogens is 1. The van der Waals surface area contributed by atoms with Gasteiger partial charge in [0.05, 0.1) is 25.1 Å². The second-order valence-corrected chi connectivity index (χ2v) is 9.91. The molecule has 0 aromatic heterocycles. The molecule has 0 bridgehead atoms. The number of carbonyl (C=O) groups excluding carboxylic acids is 4. The van der Waals surface area contributed by atoms with Crippen molar-refractivity contribution < 1.29 is 28.3 Å². The first kappa shape index (κ1) is 28.6. The normalized spacial score (nSPS) is 17.7. The maximum atomic E-state index is 13.4. The van der Waals surface area contributed by atoms with Crippen LogP contribution in [0.25, 0.3) is 0 Å². The Hall–Kier alpha value is -3.95. The predicted molar refractivity (Wildman–Crippen MR) is 140 cm³/mol. The molecule has 1 aliphatic rings. The second-order valence-electron chi connectivity index (χ2n) is 9.91. The number of para-hydroxylation sites is 1. The van der Waals surface area contributed by atoms with Crippen molar-refractivity contribution in [2.24, 2.45) is 0 Å². The minimum absolute atomic E-state index is 0.157. The fourth-order valence-corrected chi connectivity index (χ4v) is 4.11. The summed E-state index contributed by atoms with van der Waals surface area (Å²) in [5.41, 5.74) is 0.478. The third-order valence-corrected chi connectivity index (χ3v) is 6.61. The topological polar surface area (TPSA) is 108 Å². The highest BCUT2D eigenvalue weighted by atomic mass is 19.1. The number of likely N-dealkylation sites (N-methyl/N-ethyl adjacent to an activating group) is 2. The van der Waals surface area contributed by atoms with Crippen molar-refractivity contribution in [1.29, 1.82) is 0 Å². The number of hydrogen-bond donors (Lipinski definition) is 2. The molecule has 38 heavy (non-hydrogen) atoms. The molecule has 9 nitrogen and oxygen atoms in total. The van der Waals surface area contributed by atoms with Gasteiger partial charge in [-0.15, -0.1) is 0 Å². The number of carbonyl (C=O) groups is 4. The standard InChI is InChI=1S/C28H35FN4O5/c1-5-33-14-15-38-23-9-7-6-8-21(23)26(36)31-22(16-24(34)32(4)17-25(33)35)27(37)30-18-28(2,3)19-10-12-20(29)13-11-19/h6-13,22H,5,14-18H2,1-4H3,(H,30,37)(H,31,36)/t22-/m0/s1. The first-order valence-electron chi connectivity index (χ1n) is 12.6. The summed E-state index contributed by atoms with van der Waals surface area (Å²) < 4.78 is 19.2. The van der Waals surface area contributed by atoms with E-state index in [0.717, 1.165) is 5.56 Å². The predicted octanol–water partition coefficient (Wildman–Crippen LogP) is 2.11. The third kappa shape index (κ3) is 7.30. The third-order valence-electron chi connectivity index (χ3n) is 6.61. The number of benzene rings is 2. The molecule has 0 saturated heterocycles. The van der Waals surface area contributed by atoms with Crippen LogP contribution in [-0.2, 0) is 19.8 Å². The van der Waals surface area contributed by atoms with Gasteiger partial charge in [0.1, 0.15) is 24.2 Å². The van der Waals surface area contributed by atoms with Crippen LogP contribution in [-0.4, -0.2) is 79.3 Å². The largest absolute Gasteiger partial charge is 0.491 e. The molecular weight excluding hydrogens is 491 g/mol. The van der Waals surface area contributed by atoms with Gasteiger partial charge >= 0.3 is 0 Å². The Balaban J connectivity index is 1.84. The summed E-state index contributed by atoms with van der Waals surface area (Å²) in [5, 5.41) is 5.49. The van der Waals surface area contributed by atoms with E-state index < -0.39 is 29.2 Å². The van der Waals surface area contributed by atoms with E-state index in [0.29, 0.717) is 18.8 Å². The summed E-state index contributed by atoms with van der Waals surface area (Å²) in [5.74, 6) is -1.87. The highest BCUT2D eigenvalue weighted by Gasteiger charge is 2.30. The van der Waals surface area contributed by atoms with Gasteiger partial charge in [-0.05, 0) is 36.8 Å². The van der Waals surface area contributed by atoms with Crippen molar-refractivity contribution in [2.45, 2.75) is 38.6 Å². The fraction of sp³-hybridized carbons (Fsp3) is 0.429. The van der Waals surface area contributed by atoms with E-state index in [4.69, 9.17) is 4.74 Å². The van der Waals surface area contributed by atoms with Crippen LogP contribution < -0.4 is 15.4 Å². The molecule has 0 aliphatic carbocycles. The van der Waals surface area contributed by atoms with Gasteiger partial charge < -0.3 is 25.2 Å². The number of nitrogens with zero attached hydrogens (tertiary/aromatic N) is 2. The van der Waals surface area contributed by atoms with Gasteiger partial charge in [0.15, 0.2) is 0 Å². The first-order chi connectivity index (χ1) is 18.0. The Kier molecular flexibility index (Phi) is 9.44. The quantitative estimate of drug-likeness (QED) is 0.621. The zero-order valence-corrected chi connectivity index (χ0v) is 22.3. The van der Waals surface area contributed by atoms with Crippen molar-refractivity contribution in [3.05, 3.63) is 65.5 Å². The molecule has 1 aliphatic heterocycles. The average molecular weight is 527 g/mol. The van der Waals surface area contributed by atoms with Gasteiger partial charge in [-0.1, -0.05) is 38.1 Å². The molecule has 204 valence electrons. The maximum Gasteiger partial charge on any atom is 0.255 e. The molecule has 0 fully saturated rings. The van der Waals surface area contributed by atoms with Crippen molar-refractivity contribution in [1.82, 2.24) is 20.4 Å². The molecule has 0 saturated carbocycles. The molecule has 1 atom stereocenters. The number of hydrogen-bond acceptors (Lipinski definition) is 5. The summed E-state index contributed by atoms with van der Waals surface area (Å²) in [6.45, 7) is 6.51. The van der Waals surface area contributed by atoms with Crippen molar-refractivity contribution in [3.63, 3.8) is 0 Å². The summed E-state index contributed by atoms with van der Waals surface area (Å²) in [6.07, 6.45) is -0.340. The lowest BCUT2D eigenvalue weighted by Gasteiger charge is -2.29. The highest BCUT2D eigenvalue weighted by Crippen LogP contribution is 2.23. The Bertz CT molecular complexity index is 1170. The van der Waals surface area contributed by atoms with Crippen LogP contribution in [0.2, 0.25) is 0 Å². The Morgan fingerprint density at radius 1 is 1.11 bits per heavy atom. The Morgan fingerprint density at radius 2 is 1.79 bits per heavy atom. The van der Waals surface area contributed by atoms with Gasteiger partial charge in [0, 0.05) is 25.6 Å². The second kappa shape index (κ2) is 12.5. The van der Waals surface area contributed by atoms with E-state index in [1.165, 1.54) is 24.1 Å². The number of fused-ring (bicyclic) bond motifs is 1. The maximum absolute atomic E-state index is 13.4. The number of nitrogens with one attached hydrogen (secondary N) is 2. The van der Waals surface area contributed by atoms with E-state index in [1.54, 1.807) is 41.3 Å². The minimum atomic E-state index is -1.20. The van der Waals surface area contributed by atoms with E-state index in [2.05, 4.69) is 10.6 Å². The van der Waals surface area contributed by atoms with E-state index in [9.17, 15) is 23.6 Å². The molecule has 2 N–H and O–H groups in total.